The van der Waals surface area contributed by atoms with E-state index in [1.54, 1.807) is 36.4 Å². The first-order chi connectivity index (χ1) is 16.6. The van der Waals surface area contributed by atoms with Gasteiger partial charge in [-0.3, -0.25) is 0 Å². The lowest BCUT2D eigenvalue weighted by molar-refractivity contribution is -0.137. The first-order valence-corrected chi connectivity index (χ1v) is 11.1. The van der Waals surface area contributed by atoms with Crippen molar-refractivity contribution in [2.45, 2.75) is 19.7 Å². The Morgan fingerprint density at radius 2 is 1.77 bits per heavy atom. The fourth-order valence-electron chi connectivity index (χ4n) is 3.72. The van der Waals surface area contributed by atoms with Gasteiger partial charge in [-0.25, -0.2) is 9.18 Å². The van der Waals surface area contributed by atoms with Crippen LogP contribution in [0, 0.1) is 12.7 Å². The van der Waals surface area contributed by atoms with Crippen molar-refractivity contribution < 1.29 is 32.2 Å². The van der Waals surface area contributed by atoms with E-state index in [0.717, 1.165) is 17.8 Å². The maximum absolute atomic E-state index is 14.3. The molecule has 4 nitrogen and oxygen atoms in total. The highest BCUT2D eigenvalue weighted by atomic mass is 79.9. The lowest BCUT2D eigenvalue weighted by Crippen LogP contribution is -2.07. The Hall–Kier alpha value is -3.59. The Labute approximate surface area is 206 Å². The number of benzene rings is 3. The van der Waals surface area contributed by atoms with Gasteiger partial charge in [0.05, 0.1) is 22.4 Å². The predicted octanol–water partition coefficient (Wildman–Crippen LogP) is 7.65. The molecule has 1 heterocycles. The predicted molar refractivity (Wildman–Crippen MR) is 126 cm³/mol. The number of halogens is 5. The Kier molecular flexibility index (Phi) is 6.71. The lowest BCUT2D eigenvalue weighted by Gasteiger charge is -2.18. The van der Waals surface area contributed by atoms with Gasteiger partial charge in [0.2, 0.25) is 0 Å². The molecule has 0 aliphatic carbocycles. The molecule has 180 valence electrons. The normalized spacial score (nSPS) is 11.5. The number of aromatic nitrogens is 1. The van der Waals surface area contributed by atoms with Gasteiger partial charge in [0.1, 0.15) is 18.2 Å². The van der Waals surface area contributed by atoms with Crippen LogP contribution in [0.15, 0.2) is 77.3 Å². The van der Waals surface area contributed by atoms with Gasteiger partial charge >= 0.3 is 12.1 Å². The maximum Gasteiger partial charge on any atom is 0.416 e. The molecule has 0 unspecified atom stereocenters. The quantitative estimate of drug-likeness (QED) is 0.252. The number of aryl methyl sites for hydroxylation is 1. The Balaban J connectivity index is 1.72. The van der Waals surface area contributed by atoms with Crippen LogP contribution in [-0.2, 0) is 12.8 Å². The smallest absolute Gasteiger partial charge is 0.416 e. The molecule has 0 atom stereocenters. The SMILES string of the molecule is Cc1ccc(-c2c(Br)cccc2OCc2ccc(C(F)(F)F)cc2F)n1-c1cccc(C(=O)O)c1. The summed E-state index contributed by atoms with van der Waals surface area (Å²) in [5, 5.41) is 9.38. The van der Waals surface area contributed by atoms with Gasteiger partial charge in [-0.1, -0.05) is 18.2 Å². The topological polar surface area (TPSA) is 51.5 Å². The van der Waals surface area contributed by atoms with Crippen molar-refractivity contribution in [2.75, 3.05) is 0 Å². The molecule has 0 aliphatic heterocycles. The molecular formula is C26H18BrF4NO3. The van der Waals surface area contributed by atoms with Crippen molar-refractivity contribution >= 4 is 21.9 Å². The fraction of sp³-hybridized carbons (Fsp3) is 0.115. The van der Waals surface area contributed by atoms with E-state index in [2.05, 4.69) is 15.9 Å². The van der Waals surface area contributed by atoms with Crippen LogP contribution in [0.4, 0.5) is 17.6 Å². The van der Waals surface area contributed by atoms with Crippen LogP contribution in [0.3, 0.4) is 0 Å². The summed E-state index contributed by atoms with van der Waals surface area (Å²) in [5.41, 5.74) is 1.79. The standard InChI is InChI=1S/C26H18BrF4NO3/c1-15-8-11-22(32(15)19-5-2-4-16(12-19)25(33)34)24-20(27)6-3-7-23(24)35-14-17-9-10-18(13-21(17)28)26(29,30)31/h2-13H,14H2,1H3,(H,33,34). The van der Waals surface area contributed by atoms with Gasteiger partial charge in [0.25, 0.3) is 0 Å². The van der Waals surface area contributed by atoms with Crippen molar-refractivity contribution in [3.63, 3.8) is 0 Å². The summed E-state index contributed by atoms with van der Waals surface area (Å²) in [7, 11) is 0. The zero-order valence-electron chi connectivity index (χ0n) is 18.2. The molecular weight excluding hydrogens is 530 g/mol. The molecule has 0 saturated carbocycles. The zero-order chi connectivity index (χ0) is 25.3. The molecule has 0 amide bonds. The molecule has 35 heavy (non-hydrogen) atoms. The number of ether oxygens (including phenoxy) is 1. The second-order valence-corrected chi connectivity index (χ2v) is 8.61. The number of carbonyl (C=O) groups is 1. The third-order valence-electron chi connectivity index (χ3n) is 5.42. The van der Waals surface area contributed by atoms with Crippen LogP contribution < -0.4 is 4.74 Å². The average Bonchev–Trinajstić information content (AvgIpc) is 3.18. The maximum atomic E-state index is 14.3. The van der Waals surface area contributed by atoms with E-state index in [9.17, 15) is 27.5 Å². The summed E-state index contributed by atoms with van der Waals surface area (Å²) < 4.78 is 61.3. The largest absolute Gasteiger partial charge is 0.488 e. The number of alkyl halides is 3. The second-order valence-electron chi connectivity index (χ2n) is 7.76. The first kappa shape index (κ1) is 24.5. The van der Waals surface area contributed by atoms with Crippen LogP contribution in [-0.4, -0.2) is 15.6 Å². The monoisotopic (exact) mass is 547 g/mol. The highest BCUT2D eigenvalue weighted by molar-refractivity contribution is 9.10. The number of nitrogens with zero attached hydrogens (tertiary/aromatic N) is 1. The molecule has 0 saturated heterocycles. The molecule has 4 aromatic rings. The third kappa shape index (κ3) is 5.09. The summed E-state index contributed by atoms with van der Waals surface area (Å²) in [6, 6.07) is 17.7. The van der Waals surface area contributed by atoms with E-state index < -0.39 is 23.5 Å². The number of carboxylic acids is 1. The van der Waals surface area contributed by atoms with Crippen LogP contribution in [0.1, 0.15) is 27.2 Å². The molecule has 0 aliphatic rings. The van der Waals surface area contributed by atoms with Gasteiger partial charge < -0.3 is 14.4 Å². The Morgan fingerprint density at radius 1 is 1.03 bits per heavy atom. The zero-order valence-corrected chi connectivity index (χ0v) is 19.8. The molecule has 3 aromatic carbocycles. The third-order valence-corrected chi connectivity index (χ3v) is 6.08. The van der Waals surface area contributed by atoms with Gasteiger partial charge in [-0.2, -0.15) is 13.2 Å². The molecule has 0 bridgehead atoms. The molecule has 1 N–H and O–H groups in total. The Morgan fingerprint density at radius 3 is 2.46 bits per heavy atom. The summed E-state index contributed by atoms with van der Waals surface area (Å²) in [5.74, 6) is -1.70. The van der Waals surface area contributed by atoms with Gasteiger partial charge in [-0.15, -0.1) is 0 Å². The van der Waals surface area contributed by atoms with Crippen LogP contribution in [0.2, 0.25) is 0 Å². The number of aromatic carboxylic acids is 1. The van der Waals surface area contributed by atoms with E-state index in [0.29, 0.717) is 33.2 Å². The molecule has 9 heteroatoms. The minimum absolute atomic E-state index is 0.0235. The van der Waals surface area contributed by atoms with Crippen molar-refractivity contribution in [2.24, 2.45) is 0 Å². The van der Waals surface area contributed by atoms with E-state index in [4.69, 9.17) is 4.74 Å². The average molecular weight is 548 g/mol. The van der Waals surface area contributed by atoms with Gasteiger partial charge in [0.15, 0.2) is 0 Å². The summed E-state index contributed by atoms with van der Waals surface area (Å²) in [4.78, 5) is 11.5. The summed E-state index contributed by atoms with van der Waals surface area (Å²) in [6.45, 7) is 1.58. The lowest BCUT2D eigenvalue weighted by atomic mass is 10.1. The number of carboxylic acid groups (broad SMARTS) is 1. The number of rotatable bonds is 6. The minimum Gasteiger partial charge on any atom is -0.488 e. The highest BCUT2D eigenvalue weighted by Gasteiger charge is 2.31. The van der Waals surface area contributed by atoms with Crippen molar-refractivity contribution in [3.05, 3.63) is 105 Å². The molecule has 0 radical (unpaired) electrons. The van der Waals surface area contributed by atoms with Gasteiger partial charge in [0, 0.05) is 21.4 Å². The van der Waals surface area contributed by atoms with Crippen molar-refractivity contribution in [1.82, 2.24) is 4.57 Å². The summed E-state index contributed by atoms with van der Waals surface area (Å²) in [6.07, 6.45) is -4.64. The van der Waals surface area contributed by atoms with Crippen LogP contribution in [0.5, 0.6) is 5.75 Å². The summed E-state index contributed by atoms with van der Waals surface area (Å²) >= 11 is 3.52. The highest BCUT2D eigenvalue weighted by Crippen LogP contribution is 2.39. The van der Waals surface area contributed by atoms with Crippen molar-refractivity contribution in [3.8, 4) is 22.7 Å². The number of hydrogen-bond donors (Lipinski definition) is 1. The first-order valence-electron chi connectivity index (χ1n) is 10.4. The van der Waals surface area contributed by atoms with Crippen LogP contribution >= 0.6 is 15.9 Å². The van der Waals surface area contributed by atoms with Crippen LogP contribution in [0.25, 0.3) is 16.9 Å². The van der Waals surface area contributed by atoms with E-state index in [-0.39, 0.29) is 17.7 Å². The fourth-order valence-corrected chi connectivity index (χ4v) is 4.28. The molecule has 0 fully saturated rings. The molecule has 0 spiro atoms. The molecule has 1 aromatic heterocycles. The second kappa shape index (κ2) is 9.58. The number of hydrogen-bond acceptors (Lipinski definition) is 2. The van der Waals surface area contributed by atoms with E-state index >= 15 is 0 Å². The Bertz CT molecular complexity index is 1410. The van der Waals surface area contributed by atoms with Gasteiger partial charge in [-0.05, 0) is 77.5 Å². The van der Waals surface area contributed by atoms with E-state index in [1.807, 2.05) is 23.6 Å². The van der Waals surface area contributed by atoms with Crippen molar-refractivity contribution in [1.29, 1.82) is 0 Å². The van der Waals surface area contributed by atoms with E-state index in [1.165, 1.54) is 6.07 Å². The molecule has 4 rings (SSSR count). The minimum atomic E-state index is -4.64.